The van der Waals surface area contributed by atoms with Crippen LogP contribution in [0.3, 0.4) is 0 Å². The number of piperidine rings is 1. The number of esters is 1. The van der Waals surface area contributed by atoms with Crippen LogP contribution in [-0.4, -0.2) is 49.3 Å². The zero-order valence-electron chi connectivity index (χ0n) is 13.5. The third-order valence-electron chi connectivity index (χ3n) is 4.04. The molecule has 6 heteroatoms. The van der Waals surface area contributed by atoms with Crippen molar-refractivity contribution in [3.8, 4) is 0 Å². The lowest BCUT2D eigenvalue weighted by molar-refractivity contribution is -0.147. The van der Waals surface area contributed by atoms with E-state index in [0.29, 0.717) is 37.2 Å². The first kappa shape index (κ1) is 17.1. The van der Waals surface area contributed by atoms with Crippen LogP contribution in [0.4, 0.5) is 5.69 Å². The molecule has 1 N–H and O–H groups in total. The number of likely N-dealkylation sites (tertiary alicyclic amines) is 1. The second kappa shape index (κ2) is 7.87. The van der Waals surface area contributed by atoms with E-state index >= 15 is 0 Å². The van der Waals surface area contributed by atoms with E-state index in [4.69, 9.17) is 4.74 Å². The Labute approximate surface area is 135 Å². The fourth-order valence-corrected chi connectivity index (χ4v) is 2.71. The molecule has 0 atom stereocenters. The lowest BCUT2D eigenvalue weighted by Crippen LogP contribution is -2.41. The number of rotatable bonds is 5. The predicted octanol–water partition coefficient (Wildman–Crippen LogP) is 1.71. The Balaban J connectivity index is 1.83. The Bertz CT molecular complexity index is 592. The quantitative estimate of drug-likeness (QED) is 0.661. The highest BCUT2D eigenvalue weighted by molar-refractivity contribution is 5.97. The molecular weight excluding hydrogens is 296 g/mol. The van der Waals surface area contributed by atoms with Crippen LogP contribution in [0.1, 0.15) is 30.1 Å². The molecule has 1 aromatic carbocycles. The molecule has 0 radical (unpaired) electrons. The maximum atomic E-state index is 12.1. The first-order valence-electron chi connectivity index (χ1n) is 7.70. The summed E-state index contributed by atoms with van der Waals surface area (Å²) in [6.07, 6.45) is 1.42. The van der Waals surface area contributed by atoms with Crippen molar-refractivity contribution in [1.29, 1.82) is 0 Å². The molecule has 1 aliphatic rings. The van der Waals surface area contributed by atoms with Gasteiger partial charge in [0.15, 0.2) is 5.78 Å². The molecule has 124 valence electrons. The third kappa shape index (κ3) is 4.89. The highest BCUT2D eigenvalue weighted by Crippen LogP contribution is 2.18. The van der Waals surface area contributed by atoms with Gasteiger partial charge in [-0.3, -0.25) is 19.3 Å². The number of methoxy groups -OCH3 is 1. The van der Waals surface area contributed by atoms with Gasteiger partial charge in [0.2, 0.25) is 5.91 Å². The normalized spacial score (nSPS) is 15.9. The van der Waals surface area contributed by atoms with Gasteiger partial charge in [-0.15, -0.1) is 0 Å². The standard InChI is InChI=1S/C17H22N2O4/c1-12(20)14-4-3-5-15(10-14)18-16(21)11-19-8-6-13(7-9-19)17(22)23-2/h3-5,10,13H,6-9,11H2,1-2H3,(H,18,21). The molecule has 1 heterocycles. The van der Waals surface area contributed by atoms with Crippen molar-refractivity contribution in [2.24, 2.45) is 5.92 Å². The number of nitrogens with one attached hydrogen (secondary N) is 1. The first-order valence-corrected chi connectivity index (χ1v) is 7.70. The van der Waals surface area contributed by atoms with Gasteiger partial charge in [-0.2, -0.15) is 0 Å². The highest BCUT2D eigenvalue weighted by atomic mass is 16.5. The number of hydrogen-bond donors (Lipinski definition) is 1. The molecule has 0 spiro atoms. The summed E-state index contributed by atoms with van der Waals surface area (Å²) in [7, 11) is 1.40. The summed E-state index contributed by atoms with van der Waals surface area (Å²) in [5.41, 5.74) is 1.19. The lowest BCUT2D eigenvalue weighted by Gasteiger charge is -2.29. The minimum absolute atomic E-state index is 0.0361. The highest BCUT2D eigenvalue weighted by Gasteiger charge is 2.26. The number of nitrogens with zero attached hydrogens (tertiary/aromatic N) is 1. The average molecular weight is 318 g/mol. The van der Waals surface area contributed by atoms with E-state index in [1.807, 2.05) is 4.90 Å². The van der Waals surface area contributed by atoms with Crippen molar-refractivity contribution in [3.05, 3.63) is 29.8 Å². The maximum absolute atomic E-state index is 12.1. The molecule has 0 saturated carbocycles. The van der Waals surface area contributed by atoms with Gasteiger partial charge in [-0.25, -0.2) is 0 Å². The number of carbonyl (C=O) groups excluding carboxylic acids is 3. The van der Waals surface area contributed by atoms with Gasteiger partial charge in [0.1, 0.15) is 0 Å². The van der Waals surface area contributed by atoms with E-state index in [9.17, 15) is 14.4 Å². The molecule has 0 aliphatic carbocycles. The van der Waals surface area contributed by atoms with Crippen molar-refractivity contribution >= 4 is 23.3 Å². The zero-order valence-corrected chi connectivity index (χ0v) is 13.5. The van der Waals surface area contributed by atoms with Crippen molar-refractivity contribution in [3.63, 3.8) is 0 Å². The van der Waals surface area contributed by atoms with Crippen LogP contribution in [0.15, 0.2) is 24.3 Å². The minimum atomic E-state index is -0.171. The summed E-state index contributed by atoms with van der Waals surface area (Å²) >= 11 is 0. The van der Waals surface area contributed by atoms with Crippen molar-refractivity contribution < 1.29 is 19.1 Å². The molecular formula is C17H22N2O4. The van der Waals surface area contributed by atoms with Crippen molar-refractivity contribution in [2.45, 2.75) is 19.8 Å². The fourth-order valence-electron chi connectivity index (χ4n) is 2.71. The number of Topliss-reactive ketones (excluding diaryl/α,β-unsaturated/α-hetero) is 1. The van der Waals surface area contributed by atoms with Gasteiger partial charge in [-0.05, 0) is 45.0 Å². The van der Waals surface area contributed by atoms with E-state index in [1.54, 1.807) is 24.3 Å². The summed E-state index contributed by atoms with van der Waals surface area (Å²) in [4.78, 5) is 36.9. The van der Waals surface area contributed by atoms with E-state index in [-0.39, 0.29) is 30.1 Å². The van der Waals surface area contributed by atoms with Crippen LogP contribution in [0.2, 0.25) is 0 Å². The van der Waals surface area contributed by atoms with E-state index in [0.717, 1.165) is 0 Å². The van der Waals surface area contributed by atoms with E-state index in [2.05, 4.69) is 5.32 Å². The van der Waals surface area contributed by atoms with Gasteiger partial charge >= 0.3 is 5.97 Å². The molecule has 1 aliphatic heterocycles. The van der Waals surface area contributed by atoms with Crippen LogP contribution < -0.4 is 5.32 Å². The van der Waals surface area contributed by atoms with Crippen LogP contribution in [0, 0.1) is 5.92 Å². The SMILES string of the molecule is COC(=O)C1CCN(CC(=O)Nc2cccc(C(C)=O)c2)CC1. The summed E-state index contributed by atoms with van der Waals surface area (Å²) in [6, 6.07) is 6.89. The Morgan fingerprint density at radius 3 is 2.57 bits per heavy atom. The number of amides is 1. The average Bonchev–Trinajstić information content (AvgIpc) is 2.55. The van der Waals surface area contributed by atoms with Gasteiger partial charge in [-0.1, -0.05) is 12.1 Å². The molecule has 6 nitrogen and oxygen atoms in total. The Hall–Kier alpha value is -2.21. The minimum Gasteiger partial charge on any atom is -0.469 e. The van der Waals surface area contributed by atoms with Gasteiger partial charge in [0, 0.05) is 11.3 Å². The van der Waals surface area contributed by atoms with E-state index < -0.39 is 0 Å². The van der Waals surface area contributed by atoms with Gasteiger partial charge in [0.25, 0.3) is 0 Å². The monoisotopic (exact) mass is 318 g/mol. The number of anilines is 1. The van der Waals surface area contributed by atoms with E-state index in [1.165, 1.54) is 14.0 Å². The molecule has 1 amide bonds. The van der Waals surface area contributed by atoms with Crippen LogP contribution in [0.5, 0.6) is 0 Å². The second-order valence-electron chi connectivity index (χ2n) is 5.76. The fraction of sp³-hybridized carbons (Fsp3) is 0.471. The largest absolute Gasteiger partial charge is 0.469 e. The van der Waals surface area contributed by atoms with Crippen molar-refractivity contribution in [2.75, 3.05) is 32.1 Å². The molecule has 2 rings (SSSR count). The van der Waals surface area contributed by atoms with Gasteiger partial charge in [0.05, 0.1) is 19.6 Å². The Morgan fingerprint density at radius 1 is 1.26 bits per heavy atom. The molecule has 1 fully saturated rings. The summed E-state index contributed by atoms with van der Waals surface area (Å²) in [5.74, 6) is -0.394. The molecule has 23 heavy (non-hydrogen) atoms. The molecule has 0 unspecified atom stereocenters. The molecule has 0 aromatic heterocycles. The smallest absolute Gasteiger partial charge is 0.308 e. The van der Waals surface area contributed by atoms with Gasteiger partial charge < -0.3 is 10.1 Å². The van der Waals surface area contributed by atoms with Crippen molar-refractivity contribution in [1.82, 2.24) is 4.90 Å². The third-order valence-corrected chi connectivity index (χ3v) is 4.04. The molecule has 0 bridgehead atoms. The summed E-state index contributed by atoms with van der Waals surface area (Å²) < 4.78 is 4.75. The summed E-state index contributed by atoms with van der Waals surface area (Å²) in [6.45, 7) is 3.16. The molecule has 1 saturated heterocycles. The van der Waals surface area contributed by atoms with Crippen LogP contribution in [-0.2, 0) is 14.3 Å². The lowest BCUT2D eigenvalue weighted by atomic mass is 9.97. The van der Waals surface area contributed by atoms with Crippen LogP contribution >= 0.6 is 0 Å². The van der Waals surface area contributed by atoms with Crippen LogP contribution in [0.25, 0.3) is 0 Å². The number of carbonyl (C=O) groups is 3. The second-order valence-corrected chi connectivity index (χ2v) is 5.76. The zero-order chi connectivity index (χ0) is 16.8. The maximum Gasteiger partial charge on any atom is 0.308 e. The molecule has 1 aromatic rings. The predicted molar refractivity (Wildman–Crippen MR) is 86.3 cm³/mol. The number of hydrogen-bond acceptors (Lipinski definition) is 5. The number of benzene rings is 1. The topological polar surface area (TPSA) is 75.7 Å². The first-order chi connectivity index (χ1) is 11.0. The number of ether oxygens (including phenoxy) is 1. The Morgan fingerprint density at radius 2 is 1.96 bits per heavy atom. The number of ketones is 1. The Kier molecular flexibility index (Phi) is 5.87. The summed E-state index contributed by atoms with van der Waals surface area (Å²) in [5, 5.41) is 2.81.